The van der Waals surface area contributed by atoms with Gasteiger partial charge in [-0.3, -0.25) is 0 Å². The van der Waals surface area contributed by atoms with Gasteiger partial charge in [0.1, 0.15) is 12.7 Å². The summed E-state index contributed by atoms with van der Waals surface area (Å²) in [6.45, 7) is 3.37. The number of benzene rings is 2. The standard InChI is InChI=1S/C18H16N2/c1-3-9-16-14(6-1)11-12-18(19-16)20-13-5-8-15-7-2-4-10-17(15)20/h1-10,18-19H,11-12H2. The van der Waals surface area contributed by atoms with E-state index < -0.39 is 0 Å². The first-order valence-corrected chi connectivity index (χ1v) is 7.07. The van der Waals surface area contributed by atoms with E-state index in [-0.39, 0.29) is 6.17 Å². The molecule has 1 atom stereocenters. The lowest BCUT2D eigenvalue weighted by atomic mass is 9.99. The van der Waals surface area contributed by atoms with Crippen LogP contribution in [0, 0.1) is 6.54 Å². The van der Waals surface area contributed by atoms with Gasteiger partial charge in [-0.1, -0.05) is 48.6 Å². The van der Waals surface area contributed by atoms with Crippen LogP contribution in [-0.4, -0.2) is 6.17 Å². The molecule has 0 saturated heterocycles. The van der Waals surface area contributed by atoms with Crippen LogP contribution in [-0.2, 0) is 6.42 Å². The highest BCUT2D eigenvalue weighted by molar-refractivity contribution is 5.74. The van der Waals surface area contributed by atoms with E-state index in [9.17, 15) is 0 Å². The summed E-state index contributed by atoms with van der Waals surface area (Å²) in [5.41, 5.74) is 5.14. The van der Waals surface area contributed by atoms with Crippen LogP contribution in [0.1, 0.15) is 17.5 Å². The molecule has 2 aliphatic rings. The van der Waals surface area contributed by atoms with Gasteiger partial charge in [-0.05, 0) is 36.1 Å². The van der Waals surface area contributed by atoms with Gasteiger partial charge >= 0.3 is 0 Å². The van der Waals surface area contributed by atoms with Gasteiger partial charge in [0.25, 0.3) is 0 Å². The molecule has 0 saturated carbocycles. The largest absolute Gasteiger partial charge is 0.365 e. The molecule has 0 amide bonds. The second-order valence-electron chi connectivity index (χ2n) is 5.25. The van der Waals surface area contributed by atoms with Crippen molar-refractivity contribution in [2.75, 3.05) is 10.2 Å². The molecular formula is C18H16N2. The lowest BCUT2D eigenvalue weighted by Gasteiger charge is -2.38. The third-order valence-electron chi connectivity index (χ3n) is 4.01. The van der Waals surface area contributed by atoms with E-state index in [2.05, 4.69) is 71.4 Å². The van der Waals surface area contributed by atoms with Crippen LogP contribution in [0.4, 0.5) is 11.4 Å². The van der Waals surface area contributed by atoms with Crippen molar-refractivity contribution in [2.24, 2.45) is 0 Å². The minimum atomic E-state index is 0.274. The molecule has 0 aromatic heterocycles. The Morgan fingerprint density at radius 2 is 1.90 bits per heavy atom. The van der Waals surface area contributed by atoms with Gasteiger partial charge in [-0.15, -0.1) is 0 Å². The zero-order chi connectivity index (χ0) is 13.4. The third kappa shape index (κ3) is 1.88. The molecule has 1 N–H and O–H groups in total. The van der Waals surface area contributed by atoms with E-state index in [1.165, 1.54) is 22.5 Å². The number of hydrogen-bond donors (Lipinski definition) is 1. The molecule has 2 aromatic rings. The first-order chi connectivity index (χ1) is 9.92. The van der Waals surface area contributed by atoms with Gasteiger partial charge < -0.3 is 10.2 Å². The number of para-hydroxylation sites is 2. The lowest BCUT2D eigenvalue weighted by molar-refractivity contribution is 0.622. The Labute approximate surface area is 119 Å². The Hall–Kier alpha value is -2.22. The van der Waals surface area contributed by atoms with Crippen molar-refractivity contribution < 1.29 is 0 Å². The monoisotopic (exact) mass is 260 g/mol. The predicted octanol–water partition coefficient (Wildman–Crippen LogP) is 3.94. The average molecular weight is 260 g/mol. The molecule has 1 unspecified atom stereocenters. The zero-order valence-electron chi connectivity index (χ0n) is 11.2. The molecule has 98 valence electrons. The molecule has 0 aliphatic carbocycles. The van der Waals surface area contributed by atoms with E-state index in [1.54, 1.807) is 0 Å². The molecule has 0 spiro atoms. The van der Waals surface area contributed by atoms with Crippen LogP contribution in [0.25, 0.3) is 6.08 Å². The minimum Gasteiger partial charge on any atom is -0.365 e. The molecule has 2 aliphatic heterocycles. The van der Waals surface area contributed by atoms with Crippen molar-refractivity contribution in [2.45, 2.75) is 19.0 Å². The van der Waals surface area contributed by atoms with E-state index in [4.69, 9.17) is 0 Å². The molecule has 2 aromatic carbocycles. The molecule has 4 rings (SSSR count). The van der Waals surface area contributed by atoms with Crippen molar-refractivity contribution in [3.05, 3.63) is 72.3 Å². The Balaban J connectivity index is 1.66. The van der Waals surface area contributed by atoms with Crippen LogP contribution >= 0.6 is 0 Å². The maximum atomic E-state index is 3.64. The zero-order valence-corrected chi connectivity index (χ0v) is 11.2. The van der Waals surface area contributed by atoms with Crippen LogP contribution < -0.4 is 10.2 Å². The summed E-state index contributed by atoms with van der Waals surface area (Å²) in [6, 6.07) is 17.0. The van der Waals surface area contributed by atoms with Gasteiger partial charge in [0, 0.05) is 11.4 Å². The molecule has 0 fully saturated rings. The van der Waals surface area contributed by atoms with Crippen LogP contribution in [0.5, 0.6) is 0 Å². The average Bonchev–Trinajstić information content (AvgIpc) is 2.54. The predicted molar refractivity (Wildman–Crippen MR) is 83.4 cm³/mol. The maximum absolute atomic E-state index is 3.64. The van der Waals surface area contributed by atoms with Gasteiger partial charge in [0.2, 0.25) is 0 Å². The van der Waals surface area contributed by atoms with Gasteiger partial charge in [0.15, 0.2) is 0 Å². The van der Waals surface area contributed by atoms with Crippen molar-refractivity contribution in [1.29, 1.82) is 0 Å². The molecule has 0 bridgehead atoms. The van der Waals surface area contributed by atoms with Crippen LogP contribution in [0.2, 0.25) is 0 Å². The number of anilines is 2. The van der Waals surface area contributed by atoms with Crippen LogP contribution in [0.3, 0.4) is 0 Å². The first-order valence-electron chi connectivity index (χ1n) is 7.07. The topological polar surface area (TPSA) is 15.3 Å². The summed E-state index contributed by atoms with van der Waals surface area (Å²) in [7, 11) is 0. The van der Waals surface area contributed by atoms with Crippen molar-refractivity contribution >= 4 is 17.5 Å². The normalized spacial score (nSPS) is 20.0. The third-order valence-corrected chi connectivity index (χ3v) is 4.01. The molecule has 2 radical (unpaired) electrons. The summed E-state index contributed by atoms with van der Waals surface area (Å²) in [4.78, 5) is 2.23. The number of aryl methyl sites for hydroxylation is 1. The number of rotatable bonds is 1. The summed E-state index contributed by atoms with van der Waals surface area (Å²) in [5, 5.41) is 3.64. The fourth-order valence-electron chi connectivity index (χ4n) is 3.00. The Morgan fingerprint density at radius 3 is 2.90 bits per heavy atom. The van der Waals surface area contributed by atoms with Gasteiger partial charge in [-0.25, -0.2) is 0 Å². The molecule has 20 heavy (non-hydrogen) atoms. The quantitative estimate of drug-likeness (QED) is 0.835. The summed E-state index contributed by atoms with van der Waals surface area (Å²) >= 11 is 0. The number of fused-ring (bicyclic) bond motifs is 2. The number of nitrogens with one attached hydrogen (secondary N) is 1. The smallest absolute Gasteiger partial charge is 0.120 e. The second-order valence-corrected chi connectivity index (χ2v) is 5.25. The molecular weight excluding hydrogens is 244 g/mol. The van der Waals surface area contributed by atoms with Gasteiger partial charge in [0.05, 0.1) is 0 Å². The maximum Gasteiger partial charge on any atom is 0.120 e. The fraction of sp³-hybridized carbons (Fsp3) is 0.167. The SMILES string of the molecule is [C]1C=Cc2ccccc2N1C1CCc2ccccc2N1. The summed E-state index contributed by atoms with van der Waals surface area (Å²) in [6.07, 6.45) is 6.59. The van der Waals surface area contributed by atoms with Crippen molar-refractivity contribution in [3.8, 4) is 0 Å². The molecule has 2 heteroatoms. The van der Waals surface area contributed by atoms with E-state index in [0.717, 1.165) is 12.8 Å². The van der Waals surface area contributed by atoms with Crippen LogP contribution in [0.15, 0.2) is 54.6 Å². The second kappa shape index (κ2) is 4.71. The number of hydrogen-bond acceptors (Lipinski definition) is 2. The van der Waals surface area contributed by atoms with Gasteiger partial charge in [-0.2, -0.15) is 0 Å². The van der Waals surface area contributed by atoms with E-state index >= 15 is 0 Å². The molecule has 2 heterocycles. The van der Waals surface area contributed by atoms with Crippen molar-refractivity contribution in [1.82, 2.24) is 0 Å². The highest BCUT2D eigenvalue weighted by Crippen LogP contribution is 2.33. The van der Waals surface area contributed by atoms with E-state index in [1.807, 2.05) is 6.08 Å². The highest BCUT2D eigenvalue weighted by atomic mass is 15.3. The Kier molecular flexibility index (Phi) is 2.73. The fourth-order valence-corrected chi connectivity index (χ4v) is 3.00. The van der Waals surface area contributed by atoms with Crippen molar-refractivity contribution in [3.63, 3.8) is 0 Å². The Bertz CT molecular complexity index is 660. The molecule has 2 nitrogen and oxygen atoms in total. The Morgan fingerprint density at radius 1 is 1.05 bits per heavy atom. The summed E-state index contributed by atoms with van der Waals surface area (Å²) < 4.78 is 0. The minimum absolute atomic E-state index is 0.274. The highest BCUT2D eigenvalue weighted by Gasteiger charge is 2.25. The summed E-state index contributed by atoms with van der Waals surface area (Å²) in [5.74, 6) is 0. The van der Waals surface area contributed by atoms with E-state index in [0.29, 0.717) is 0 Å². The first kappa shape index (κ1) is 11.6. The number of nitrogens with zero attached hydrogens (tertiary/aromatic N) is 1. The lowest BCUT2D eigenvalue weighted by Crippen LogP contribution is -2.42.